The van der Waals surface area contributed by atoms with Gasteiger partial charge < -0.3 is 5.11 Å². The Morgan fingerprint density at radius 2 is 1.42 bits per heavy atom. The first kappa shape index (κ1) is 23.7. The molecule has 1 nitrogen and oxygen atoms in total. The van der Waals surface area contributed by atoms with E-state index in [9.17, 15) is 5.11 Å². The molecule has 1 N–H and O–H groups in total. The summed E-state index contributed by atoms with van der Waals surface area (Å²) in [6.07, 6.45) is 15.4. The van der Waals surface area contributed by atoms with Crippen LogP contribution in [0.15, 0.2) is 23.4 Å². The molecule has 0 fully saturated rings. The maximum atomic E-state index is 11.3. The number of hydrogen-bond acceptors (Lipinski definition) is 1. The van der Waals surface area contributed by atoms with Gasteiger partial charge in [0.05, 0.1) is 13.7 Å². The van der Waals surface area contributed by atoms with Crippen molar-refractivity contribution < 1.29 is 5.11 Å². The standard InChI is InChI=1S/C22H44OSi/c1-8-9-10-11-12-13-14-15-18-22(23,19-16-17-20(2)3)21(4)24(5,6)7/h17,23H,4,8-16,18-19H2,1-3,5-7H3. The Labute approximate surface area is 153 Å². The van der Waals surface area contributed by atoms with Gasteiger partial charge in [0, 0.05) is 0 Å². The van der Waals surface area contributed by atoms with Crippen LogP contribution in [0.1, 0.15) is 91.4 Å². The molecule has 142 valence electrons. The lowest BCUT2D eigenvalue weighted by molar-refractivity contribution is 0.0645. The number of rotatable bonds is 14. The molecule has 0 saturated heterocycles. The monoisotopic (exact) mass is 352 g/mol. The predicted molar refractivity (Wildman–Crippen MR) is 113 cm³/mol. The van der Waals surface area contributed by atoms with Crippen molar-refractivity contribution in [3.8, 4) is 0 Å². The minimum Gasteiger partial charge on any atom is -0.386 e. The van der Waals surface area contributed by atoms with Crippen molar-refractivity contribution in [1.29, 1.82) is 0 Å². The Bertz CT molecular complexity index is 374. The van der Waals surface area contributed by atoms with Crippen molar-refractivity contribution in [2.75, 3.05) is 0 Å². The van der Waals surface area contributed by atoms with E-state index in [1.54, 1.807) is 0 Å². The van der Waals surface area contributed by atoms with Crippen molar-refractivity contribution in [1.82, 2.24) is 0 Å². The molecule has 0 radical (unpaired) electrons. The first-order chi connectivity index (χ1) is 11.1. The highest BCUT2D eigenvalue weighted by atomic mass is 28.3. The van der Waals surface area contributed by atoms with Gasteiger partial charge in [0.1, 0.15) is 0 Å². The average molecular weight is 353 g/mol. The molecule has 0 aliphatic carbocycles. The second-order valence-electron chi connectivity index (χ2n) is 8.81. The minimum absolute atomic E-state index is 0.654. The fourth-order valence-corrected chi connectivity index (χ4v) is 4.92. The molecular weight excluding hydrogens is 308 g/mol. The molecule has 0 heterocycles. The van der Waals surface area contributed by atoms with Crippen LogP contribution in [0, 0.1) is 0 Å². The highest BCUT2D eigenvalue weighted by molar-refractivity contribution is 6.83. The Hall–Kier alpha value is -0.343. The third-order valence-corrected chi connectivity index (χ3v) is 7.30. The SMILES string of the molecule is C=C(C(O)(CCC=C(C)C)CCCCCCCCCC)[Si](C)(C)C. The van der Waals surface area contributed by atoms with E-state index in [2.05, 4.69) is 53.1 Å². The summed E-state index contributed by atoms with van der Waals surface area (Å²) >= 11 is 0. The first-order valence-corrected chi connectivity index (χ1v) is 13.7. The minimum atomic E-state index is -1.53. The van der Waals surface area contributed by atoms with Gasteiger partial charge in [-0.3, -0.25) is 0 Å². The molecule has 24 heavy (non-hydrogen) atoms. The zero-order valence-electron chi connectivity index (χ0n) is 17.5. The van der Waals surface area contributed by atoms with Gasteiger partial charge in [-0.2, -0.15) is 0 Å². The van der Waals surface area contributed by atoms with Crippen molar-refractivity contribution >= 4 is 8.07 Å². The smallest absolute Gasteiger partial charge is 0.0822 e. The van der Waals surface area contributed by atoms with Crippen LogP contribution in [0.4, 0.5) is 0 Å². The summed E-state index contributed by atoms with van der Waals surface area (Å²) < 4.78 is 0. The molecule has 0 bridgehead atoms. The van der Waals surface area contributed by atoms with Crippen LogP contribution >= 0.6 is 0 Å². The van der Waals surface area contributed by atoms with Crippen molar-refractivity contribution in [3.63, 3.8) is 0 Å². The third kappa shape index (κ3) is 10.5. The fourth-order valence-electron chi connectivity index (χ4n) is 3.28. The van der Waals surface area contributed by atoms with E-state index in [1.165, 1.54) is 50.5 Å². The van der Waals surface area contributed by atoms with E-state index in [-0.39, 0.29) is 0 Å². The molecule has 0 aromatic carbocycles. The van der Waals surface area contributed by atoms with Gasteiger partial charge in [0.2, 0.25) is 0 Å². The van der Waals surface area contributed by atoms with Crippen LogP contribution < -0.4 is 0 Å². The van der Waals surface area contributed by atoms with Gasteiger partial charge in [-0.25, -0.2) is 0 Å². The third-order valence-electron chi connectivity index (χ3n) is 5.02. The molecule has 1 unspecified atom stereocenters. The van der Waals surface area contributed by atoms with Crippen LogP contribution in [0.3, 0.4) is 0 Å². The summed E-state index contributed by atoms with van der Waals surface area (Å²) in [4.78, 5) is 0. The van der Waals surface area contributed by atoms with Crippen molar-refractivity contribution in [2.24, 2.45) is 0 Å². The molecule has 0 saturated carbocycles. The van der Waals surface area contributed by atoms with Crippen LogP contribution in [0.25, 0.3) is 0 Å². The van der Waals surface area contributed by atoms with E-state index in [1.807, 2.05) is 0 Å². The van der Waals surface area contributed by atoms with E-state index in [0.717, 1.165) is 30.9 Å². The number of allylic oxidation sites excluding steroid dienone is 2. The van der Waals surface area contributed by atoms with Crippen molar-refractivity contribution in [2.45, 2.75) is 117 Å². The summed E-state index contributed by atoms with van der Waals surface area (Å²) in [7, 11) is -1.53. The quantitative estimate of drug-likeness (QED) is 0.196. The second-order valence-corrected chi connectivity index (χ2v) is 13.9. The number of hydrogen-bond donors (Lipinski definition) is 1. The van der Waals surface area contributed by atoms with Gasteiger partial charge in [0.25, 0.3) is 0 Å². The Kier molecular flexibility index (Phi) is 11.9. The molecular formula is C22H44OSi. The maximum absolute atomic E-state index is 11.3. The molecule has 0 aliphatic rings. The van der Waals surface area contributed by atoms with Gasteiger partial charge >= 0.3 is 0 Å². The Morgan fingerprint density at radius 1 is 0.917 bits per heavy atom. The normalized spacial score (nSPS) is 14.3. The van der Waals surface area contributed by atoms with Gasteiger partial charge in [-0.1, -0.05) is 94.8 Å². The lowest BCUT2D eigenvalue weighted by atomic mass is 9.90. The number of unbranched alkanes of at least 4 members (excludes halogenated alkanes) is 7. The maximum Gasteiger partial charge on any atom is 0.0822 e. The van der Waals surface area contributed by atoms with Gasteiger partial charge in [0.15, 0.2) is 0 Å². The summed E-state index contributed by atoms with van der Waals surface area (Å²) in [6, 6.07) is 0. The number of aliphatic hydroxyl groups is 1. The van der Waals surface area contributed by atoms with Crippen LogP contribution in [-0.2, 0) is 0 Å². The van der Waals surface area contributed by atoms with E-state index >= 15 is 0 Å². The average Bonchev–Trinajstić information content (AvgIpc) is 2.48. The zero-order valence-corrected chi connectivity index (χ0v) is 18.5. The summed E-state index contributed by atoms with van der Waals surface area (Å²) in [5, 5.41) is 12.4. The van der Waals surface area contributed by atoms with Gasteiger partial charge in [-0.15, -0.1) is 6.58 Å². The fraction of sp³-hybridized carbons (Fsp3) is 0.818. The molecule has 0 spiro atoms. The molecule has 2 heteroatoms. The molecule has 0 amide bonds. The lowest BCUT2D eigenvalue weighted by Crippen LogP contribution is -2.42. The second kappa shape index (κ2) is 12.1. The van der Waals surface area contributed by atoms with Crippen LogP contribution in [0.2, 0.25) is 19.6 Å². The largest absolute Gasteiger partial charge is 0.386 e. The van der Waals surface area contributed by atoms with E-state index in [0.29, 0.717) is 0 Å². The van der Waals surface area contributed by atoms with Crippen LogP contribution in [-0.4, -0.2) is 18.8 Å². The summed E-state index contributed by atoms with van der Waals surface area (Å²) in [6.45, 7) is 17.8. The van der Waals surface area contributed by atoms with Crippen molar-refractivity contribution in [3.05, 3.63) is 23.4 Å². The molecule has 0 aromatic rings. The topological polar surface area (TPSA) is 20.2 Å². The Balaban J connectivity index is 4.40. The van der Waals surface area contributed by atoms with E-state index < -0.39 is 13.7 Å². The van der Waals surface area contributed by atoms with Crippen LogP contribution in [0.5, 0.6) is 0 Å². The highest BCUT2D eigenvalue weighted by Crippen LogP contribution is 2.34. The molecule has 0 rings (SSSR count). The lowest BCUT2D eigenvalue weighted by Gasteiger charge is -2.37. The zero-order chi connectivity index (χ0) is 18.6. The van der Waals surface area contributed by atoms with Gasteiger partial charge in [-0.05, 0) is 33.1 Å². The predicted octanol–water partition coefficient (Wildman–Crippen LogP) is 7.43. The molecule has 0 aliphatic heterocycles. The highest BCUT2D eigenvalue weighted by Gasteiger charge is 2.36. The first-order valence-electron chi connectivity index (χ1n) is 10.2. The van der Waals surface area contributed by atoms with E-state index in [4.69, 9.17) is 0 Å². The summed E-state index contributed by atoms with van der Waals surface area (Å²) in [5.74, 6) is 0. The Morgan fingerprint density at radius 3 is 1.88 bits per heavy atom. The summed E-state index contributed by atoms with van der Waals surface area (Å²) in [5.41, 5.74) is 0.682. The molecule has 1 atom stereocenters. The molecule has 0 aromatic heterocycles.